The fraction of sp³-hybridized carbons (Fsp3) is 0.581. The van der Waals surface area contributed by atoms with Gasteiger partial charge in [0.25, 0.3) is 0 Å². The van der Waals surface area contributed by atoms with Crippen LogP contribution >= 0.6 is 0 Å². The number of amides is 1. The number of pyridine rings is 1. The lowest BCUT2D eigenvalue weighted by Crippen LogP contribution is -2.43. The Morgan fingerprint density at radius 1 is 1.12 bits per heavy atom. The summed E-state index contributed by atoms with van der Waals surface area (Å²) in [5.74, 6) is 0.208. The highest BCUT2D eigenvalue weighted by atomic mass is 28.4. The number of benzene rings is 1. The van der Waals surface area contributed by atoms with Gasteiger partial charge >= 0.3 is 12.1 Å². The summed E-state index contributed by atoms with van der Waals surface area (Å²) < 4.78 is 24.1. The highest BCUT2D eigenvalue weighted by Gasteiger charge is 2.41. The van der Waals surface area contributed by atoms with Gasteiger partial charge in [-0.25, -0.2) is 14.6 Å². The minimum absolute atomic E-state index is 0.0321. The first-order chi connectivity index (χ1) is 19.5. The molecule has 0 spiro atoms. The number of methoxy groups -OCH3 is 1. The fourth-order valence-electron chi connectivity index (χ4n) is 4.51. The molecule has 11 heteroatoms. The highest BCUT2D eigenvalue weighted by Crippen LogP contribution is 2.39. The summed E-state index contributed by atoms with van der Waals surface area (Å²) >= 11 is 0. The van der Waals surface area contributed by atoms with Crippen molar-refractivity contribution >= 4 is 37.4 Å². The molecule has 1 saturated heterocycles. The quantitative estimate of drug-likeness (QED) is 0.256. The zero-order valence-corrected chi connectivity index (χ0v) is 27.3. The Hall–Kier alpha value is -3.31. The van der Waals surface area contributed by atoms with E-state index in [0.29, 0.717) is 41.5 Å². The van der Waals surface area contributed by atoms with Crippen LogP contribution in [0.3, 0.4) is 0 Å². The molecule has 2 N–H and O–H groups in total. The van der Waals surface area contributed by atoms with Gasteiger partial charge in [0, 0.05) is 36.1 Å². The van der Waals surface area contributed by atoms with E-state index < -0.39 is 32.5 Å². The van der Waals surface area contributed by atoms with Crippen molar-refractivity contribution < 1.29 is 38.4 Å². The number of carboxylic acids is 1. The third-order valence-corrected chi connectivity index (χ3v) is 12.6. The molecule has 0 unspecified atom stereocenters. The van der Waals surface area contributed by atoms with E-state index in [1.165, 1.54) is 0 Å². The second-order valence-corrected chi connectivity index (χ2v) is 17.9. The molecule has 10 nitrogen and oxygen atoms in total. The van der Waals surface area contributed by atoms with Crippen LogP contribution in [0.2, 0.25) is 18.1 Å². The van der Waals surface area contributed by atoms with Crippen LogP contribution in [0.5, 0.6) is 17.4 Å². The minimum atomic E-state index is -1.86. The number of aromatic nitrogens is 1. The van der Waals surface area contributed by atoms with Crippen molar-refractivity contribution in [3.8, 4) is 17.4 Å². The number of carbonyl (C=O) groups is 2. The topological polar surface area (TPSA) is 128 Å². The number of likely N-dealkylation sites (tertiary alicyclic amines) is 1. The van der Waals surface area contributed by atoms with Crippen LogP contribution in [0.15, 0.2) is 24.3 Å². The molecule has 1 aromatic heterocycles. The summed E-state index contributed by atoms with van der Waals surface area (Å²) in [6.07, 6.45) is 3.00. The summed E-state index contributed by atoms with van der Waals surface area (Å²) in [6, 6.07) is 4.22. The Morgan fingerprint density at radius 3 is 2.36 bits per heavy atom. The minimum Gasteiger partial charge on any atom is -0.496 e. The van der Waals surface area contributed by atoms with E-state index in [1.807, 2.05) is 25.1 Å². The van der Waals surface area contributed by atoms with Crippen molar-refractivity contribution in [3.05, 3.63) is 29.8 Å². The average molecular weight is 603 g/mol. The van der Waals surface area contributed by atoms with Crippen LogP contribution < -0.4 is 14.2 Å². The molecule has 1 aromatic carbocycles. The van der Waals surface area contributed by atoms with Crippen molar-refractivity contribution in [2.24, 2.45) is 5.41 Å². The highest BCUT2D eigenvalue weighted by molar-refractivity contribution is 6.74. The van der Waals surface area contributed by atoms with Crippen LogP contribution in [-0.4, -0.2) is 79.5 Å². The maximum absolute atomic E-state index is 11.7. The molecule has 1 amide bonds. The van der Waals surface area contributed by atoms with E-state index in [4.69, 9.17) is 18.6 Å². The molecule has 1 fully saturated rings. The Kier molecular flexibility index (Phi) is 10.2. The van der Waals surface area contributed by atoms with Gasteiger partial charge in [-0.3, -0.25) is 4.90 Å². The van der Waals surface area contributed by atoms with Crippen LogP contribution in [0.25, 0.3) is 17.0 Å². The van der Waals surface area contributed by atoms with Crippen LogP contribution in [0, 0.1) is 5.41 Å². The second kappa shape index (κ2) is 12.9. The van der Waals surface area contributed by atoms with E-state index in [1.54, 1.807) is 13.2 Å². The smallest absolute Gasteiger partial charge is 0.408 e. The molecule has 0 radical (unpaired) electrons. The van der Waals surface area contributed by atoms with Crippen molar-refractivity contribution in [2.75, 3.05) is 26.9 Å². The van der Waals surface area contributed by atoms with E-state index >= 15 is 0 Å². The third kappa shape index (κ3) is 7.94. The number of carboxylic acid groups (broad SMARTS) is 2. The molecule has 2 atom stereocenters. The van der Waals surface area contributed by atoms with E-state index in [2.05, 4.69) is 58.8 Å². The van der Waals surface area contributed by atoms with Gasteiger partial charge in [0.2, 0.25) is 5.88 Å². The molecule has 42 heavy (non-hydrogen) atoms. The van der Waals surface area contributed by atoms with Gasteiger partial charge in [-0.2, -0.15) is 0 Å². The first-order valence-corrected chi connectivity index (χ1v) is 17.2. The molecule has 3 rings (SSSR count). The number of rotatable bonds is 12. The number of hydrogen-bond donors (Lipinski definition) is 2. The summed E-state index contributed by atoms with van der Waals surface area (Å²) in [4.78, 5) is 28.8. The monoisotopic (exact) mass is 602 g/mol. The zero-order chi connectivity index (χ0) is 31.5. The molecule has 1 aliphatic rings. The first kappa shape index (κ1) is 33.2. The van der Waals surface area contributed by atoms with Crippen LogP contribution in [0.1, 0.15) is 59.9 Å². The number of fused-ring (bicyclic) bond motifs is 1. The molecule has 2 heterocycles. The van der Waals surface area contributed by atoms with Gasteiger partial charge in [0.15, 0.2) is 8.32 Å². The van der Waals surface area contributed by atoms with Crippen molar-refractivity contribution in [1.29, 1.82) is 0 Å². The van der Waals surface area contributed by atoms with Gasteiger partial charge in [-0.15, -0.1) is 0 Å². The largest absolute Gasteiger partial charge is 0.496 e. The normalized spacial score (nSPS) is 18.1. The number of allylic oxidation sites excluding steroid dienone is 1. The van der Waals surface area contributed by atoms with Gasteiger partial charge in [0.05, 0.1) is 25.8 Å². The van der Waals surface area contributed by atoms with E-state index in [9.17, 15) is 19.8 Å². The van der Waals surface area contributed by atoms with Gasteiger partial charge in [0.1, 0.15) is 23.6 Å². The molecule has 0 bridgehead atoms. The molecular formula is C31H46N2O8Si. The molecule has 0 saturated carbocycles. The maximum atomic E-state index is 11.7. The second-order valence-electron chi connectivity index (χ2n) is 13.1. The lowest BCUT2D eigenvalue weighted by Gasteiger charge is -2.38. The molecule has 2 aromatic rings. The van der Waals surface area contributed by atoms with Crippen LogP contribution in [0.4, 0.5) is 4.79 Å². The van der Waals surface area contributed by atoms with Crippen molar-refractivity contribution in [3.63, 3.8) is 0 Å². The zero-order valence-electron chi connectivity index (χ0n) is 26.3. The Labute approximate surface area is 249 Å². The lowest BCUT2D eigenvalue weighted by molar-refractivity contribution is -0.141. The maximum Gasteiger partial charge on any atom is 0.408 e. The molecule has 0 aliphatic carbocycles. The Bertz CT molecular complexity index is 1300. The van der Waals surface area contributed by atoms with E-state index in [-0.39, 0.29) is 23.4 Å². The number of nitrogens with zero attached hydrogens (tertiary/aromatic N) is 2. The summed E-state index contributed by atoms with van der Waals surface area (Å²) in [5.41, 5.74) is 1.33. The van der Waals surface area contributed by atoms with Crippen LogP contribution in [-0.2, 0) is 9.22 Å². The van der Waals surface area contributed by atoms with Crippen molar-refractivity contribution in [2.45, 2.75) is 84.7 Å². The lowest BCUT2D eigenvalue weighted by atomic mass is 9.90. The number of ether oxygens (including phenoxy) is 3. The summed E-state index contributed by atoms with van der Waals surface area (Å²) in [6.45, 7) is 18.5. The molecule has 1 aliphatic heterocycles. The Balaban J connectivity index is 1.90. The van der Waals surface area contributed by atoms with E-state index in [0.717, 1.165) is 16.9 Å². The predicted molar refractivity (Wildman–Crippen MR) is 165 cm³/mol. The molecular weight excluding hydrogens is 556 g/mol. The standard InChI is InChI=1S/C31H46N2O8Si/c1-10-39-27-17-26(41-21-15-24(28(34)35)33(18-21)29(36)37)22-14-20(25(38-7)16-23(22)32-27)12-11-13-31(5,6)19-40-42(8,9)30(2,3)4/h11-12,14,16-17,21,24H,10,13,15,18-19H2,1-9H3,(H,34,35)(H,36,37)/t21-,24+/m1/s1. The van der Waals surface area contributed by atoms with Gasteiger partial charge in [-0.1, -0.05) is 46.8 Å². The fourth-order valence-corrected chi connectivity index (χ4v) is 5.69. The number of hydrogen-bond acceptors (Lipinski definition) is 7. The van der Waals surface area contributed by atoms with Gasteiger partial charge in [-0.05, 0) is 43.0 Å². The molecule has 232 valence electrons. The predicted octanol–water partition coefficient (Wildman–Crippen LogP) is 6.68. The first-order valence-electron chi connectivity index (χ1n) is 14.3. The summed E-state index contributed by atoms with van der Waals surface area (Å²) in [5, 5.41) is 19.8. The van der Waals surface area contributed by atoms with Crippen molar-refractivity contribution in [1.82, 2.24) is 9.88 Å². The number of aliphatic carboxylic acids is 1. The van der Waals surface area contributed by atoms with Gasteiger partial charge < -0.3 is 28.8 Å². The third-order valence-electron chi connectivity index (χ3n) is 8.08. The average Bonchev–Trinajstić information content (AvgIpc) is 3.32. The Morgan fingerprint density at radius 2 is 1.81 bits per heavy atom. The summed E-state index contributed by atoms with van der Waals surface area (Å²) in [7, 11) is -0.259. The SMILES string of the molecule is CCOc1cc(O[C@@H]2C[C@@H](C(=O)O)N(C(=O)O)C2)c2cc(C=CCC(C)(C)CO[Si](C)(C)C(C)(C)C)c(OC)cc2n1.